The van der Waals surface area contributed by atoms with Crippen molar-refractivity contribution < 1.29 is 4.79 Å². The fourth-order valence-electron chi connectivity index (χ4n) is 3.27. The maximum absolute atomic E-state index is 11.1. The molecule has 3 aromatic rings. The van der Waals surface area contributed by atoms with Crippen LogP contribution in [0.3, 0.4) is 0 Å². The fourth-order valence-corrected chi connectivity index (χ4v) is 4.11. The summed E-state index contributed by atoms with van der Waals surface area (Å²) in [6.45, 7) is 4.46. The molecule has 1 aromatic carbocycles. The number of rotatable bonds is 2. The Bertz CT molecular complexity index is 848. The van der Waals surface area contributed by atoms with Gasteiger partial charge in [0.05, 0.1) is 10.6 Å². The molecule has 0 aliphatic carbocycles. The molecular weight excluding hydrogens is 304 g/mol. The van der Waals surface area contributed by atoms with E-state index in [0.29, 0.717) is 0 Å². The number of carbonyl (C=O) groups excluding carboxylic acids is 1. The van der Waals surface area contributed by atoms with Crippen LogP contribution in [0.1, 0.15) is 34.6 Å². The first kappa shape index (κ1) is 14.2. The maximum atomic E-state index is 11.1. The molecule has 0 fully saturated rings. The van der Waals surface area contributed by atoms with Crippen molar-refractivity contribution in [1.29, 1.82) is 0 Å². The van der Waals surface area contributed by atoms with Gasteiger partial charge in [0, 0.05) is 17.2 Å². The largest absolute Gasteiger partial charge is 0.297 e. The number of hydrogen-bond donors (Lipinski definition) is 0. The number of pyridine rings is 1. The zero-order chi connectivity index (χ0) is 16.0. The molecule has 1 aliphatic heterocycles. The summed E-state index contributed by atoms with van der Waals surface area (Å²) in [4.78, 5) is 18.6. The highest BCUT2D eigenvalue weighted by atomic mass is 32.1. The highest BCUT2D eigenvalue weighted by Gasteiger charge is 2.37. The molecule has 4 heteroatoms. The van der Waals surface area contributed by atoms with E-state index in [1.54, 1.807) is 0 Å². The number of aromatic nitrogens is 1. The molecule has 0 saturated carbocycles. The molecule has 0 amide bonds. The molecule has 114 valence electrons. The van der Waals surface area contributed by atoms with Crippen LogP contribution in [-0.4, -0.2) is 11.3 Å². The zero-order valence-corrected chi connectivity index (χ0v) is 13.8. The van der Waals surface area contributed by atoms with Gasteiger partial charge in [-0.1, -0.05) is 38.1 Å². The number of benzene rings is 1. The molecule has 23 heavy (non-hydrogen) atoms. The van der Waals surface area contributed by atoms with Crippen LogP contribution in [0.15, 0.2) is 54.7 Å². The lowest BCUT2D eigenvalue weighted by Gasteiger charge is -2.40. The van der Waals surface area contributed by atoms with E-state index in [9.17, 15) is 4.79 Å². The van der Waals surface area contributed by atoms with Crippen molar-refractivity contribution in [2.75, 3.05) is 4.90 Å². The van der Waals surface area contributed by atoms with Crippen molar-refractivity contribution in [2.45, 2.75) is 19.3 Å². The van der Waals surface area contributed by atoms with Crippen molar-refractivity contribution in [3.05, 3.63) is 70.7 Å². The van der Waals surface area contributed by atoms with Crippen LogP contribution in [0.25, 0.3) is 0 Å². The van der Waals surface area contributed by atoms with E-state index in [2.05, 4.69) is 48.0 Å². The van der Waals surface area contributed by atoms with Gasteiger partial charge in [-0.05, 0) is 29.8 Å². The smallest absolute Gasteiger partial charge is 0.160 e. The van der Waals surface area contributed by atoms with Crippen LogP contribution in [0.2, 0.25) is 0 Å². The Morgan fingerprint density at radius 1 is 1.04 bits per heavy atom. The maximum Gasteiger partial charge on any atom is 0.160 e. The van der Waals surface area contributed by atoms with Crippen molar-refractivity contribution in [3.63, 3.8) is 0 Å². The van der Waals surface area contributed by atoms with Gasteiger partial charge in [-0.25, -0.2) is 4.98 Å². The second kappa shape index (κ2) is 5.03. The molecule has 0 radical (unpaired) electrons. The molecule has 0 atom stereocenters. The lowest BCUT2D eigenvalue weighted by Crippen LogP contribution is -2.30. The van der Waals surface area contributed by atoms with Gasteiger partial charge in [0.2, 0.25) is 0 Å². The molecule has 0 N–H and O–H groups in total. The minimum absolute atomic E-state index is 0.110. The van der Waals surface area contributed by atoms with Crippen LogP contribution in [-0.2, 0) is 5.41 Å². The predicted octanol–water partition coefficient (Wildman–Crippen LogP) is 5.06. The number of thiophene rings is 1. The normalized spacial score (nSPS) is 15.0. The molecule has 0 unspecified atom stereocenters. The highest BCUT2D eigenvalue weighted by molar-refractivity contribution is 7.17. The molecule has 2 aromatic heterocycles. The summed E-state index contributed by atoms with van der Waals surface area (Å²) in [5, 5.41) is 1.01. The number of fused-ring (bicyclic) bond motifs is 2. The van der Waals surface area contributed by atoms with Crippen LogP contribution >= 0.6 is 11.3 Å². The second-order valence-corrected chi connectivity index (χ2v) is 7.24. The monoisotopic (exact) mass is 320 g/mol. The van der Waals surface area contributed by atoms with E-state index >= 15 is 0 Å². The van der Waals surface area contributed by atoms with E-state index in [4.69, 9.17) is 0 Å². The van der Waals surface area contributed by atoms with Gasteiger partial charge in [0.25, 0.3) is 0 Å². The van der Waals surface area contributed by atoms with E-state index in [0.717, 1.165) is 27.7 Å². The van der Waals surface area contributed by atoms with Crippen LogP contribution in [0.5, 0.6) is 0 Å². The lowest BCUT2D eigenvalue weighted by molar-refractivity contribution is 0.112. The van der Waals surface area contributed by atoms with E-state index in [1.807, 2.05) is 30.5 Å². The summed E-state index contributed by atoms with van der Waals surface area (Å²) in [6.07, 6.45) is 2.72. The molecule has 0 bridgehead atoms. The minimum atomic E-state index is -0.110. The number of para-hydroxylation sites is 1. The lowest BCUT2D eigenvalue weighted by atomic mass is 9.75. The predicted molar refractivity (Wildman–Crippen MR) is 94.3 cm³/mol. The summed E-state index contributed by atoms with van der Waals surface area (Å²) in [7, 11) is 0. The molecule has 1 aliphatic rings. The first-order chi connectivity index (χ1) is 11.1. The molecule has 4 rings (SSSR count). The third-order valence-corrected chi connectivity index (χ3v) is 5.44. The first-order valence-corrected chi connectivity index (χ1v) is 8.35. The summed E-state index contributed by atoms with van der Waals surface area (Å²) < 4.78 is 0. The summed E-state index contributed by atoms with van der Waals surface area (Å²) >= 11 is 1.48. The standard InChI is InChI=1S/C19H16N2OS/c1-19(2)14-6-3-4-8-16(14)21(17-10-9-13(12-22)23-17)18-15(19)7-5-11-20-18/h3-12H,1-2H3. The number of aldehydes is 1. The van der Waals surface area contributed by atoms with Gasteiger partial charge >= 0.3 is 0 Å². The quantitative estimate of drug-likeness (QED) is 0.618. The van der Waals surface area contributed by atoms with Crippen molar-refractivity contribution in [2.24, 2.45) is 0 Å². The number of hydrogen-bond acceptors (Lipinski definition) is 4. The van der Waals surface area contributed by atoms with Crippen LogP contribution < -0.4 is 4.90 Å². The van der Waals surface area contributed by atoms with Gasteiger partial charge in [0.1, 0.15) is 10.8 Å². The Hall–Kier alpha value is -2.46. The average molecular weight is 320 g/mol. The van der Waals surface area contributed by atoms with Crippen molar-refractivity contribution >= 4 is 34.1 Å². The Morgan fingerprint density at radius 3 is 2.61 bits per heavy atom. The third-order valence-electron chi connectivity index (χ3n) is 4.44. The fraction of sp³-hybridized carbons (Fsp3) is 0.158. The van der Waals surface area contributed by atoms with Crippen LogP contribution in [0, 0.1) is 0 Å². The third kappa shape index (κ3) is 2.02. The number of anilines is 3. The van der Waals surface area contributed by atoms with E-state index < -0.39 is 0 Å². The topological polar surface area (TPSA) is 33.2 Å². The van der Waals surface area contributed by atoms with Gasteiger partial charge in [-0.3, -0.25) is 9.69 Å². The zero-order valence-electron chi connectivity index (χ0n) is 13.0. The van der Waals surface area contributed by atoms with Gasteiger partial charge in [-0.15, -0.1) is 11.3 Å². The summed E-state index contributed by atoms with van der Waals surface area (Å²) in [5.74, 6) is 0.940. The average Bonchev–Trinajstić information content (AvgIpc) is 3.04. The van der Waals surface area contributed by atoms with E-state index in [-0.39, 0.29) is 5.41 Å². The molecule has 0 spiro atoms. The van der Waals surface area contributed by atoms with E-state index in [1.165, 1.54) is 22.5 Å². The first-order valence-electron chi connectivity index (χ1n) is 7.53. The molecule has 3 heterocycles. The summed E-state index contributed by atoms with van der Waals surface area (Å²) in [6, 6.07) is 16.4. The van der Waals surface area contributed by atoms with Gasteiger partial charge in [-0.2, -0.15) is 0 Å². The second-order valence-electron chi connectivity index (χ2n) is 6.15. The Labute approximate surface area is 139 Å². The number of carbonyl (C=O) groups is 1. The van der Waals surface area contributed by atoms with Gasteiger partial charge < -0.3 is 0 Å². The summed E-state index contributed by atoms with van der Waals surface area (Å²) in [5.41, 5.74) is 3.48. The van der Waals surface area contributed by atoms with Gasteiger partial charge in [0.15, 0.2) is 6.29 Å². The number of nitrogens with zero attached hydrogens (tertiary/aromatic N) is 2. The molecule has 3 nitrogen and oxygen atoms in total. The Kier molecular flexibility index (Phi) is 3.10. The molecular formula is C19H16N2OS. The Balaban J connectivity index is 2.02. The SMILES string of the molecule is CC1(C)c2ccccc2N(c2ccc(C=O)s2)c2ncccc21. The molecule has 0 saturated heterocycles. The Morgan fingerprint density at radius 2 is 1.83 bits per heavy atom. The van der Waals surface area contributed by atoms with Crippen molar-refractivity contribution in [3.8, 4) is 0 Å². The van der Waals surface area contributed by atoms with Crippen molar-refractivity contribution in [1.82, 2.24) is 4.98 Å². The van der Waals surface area contributed by atoms with Crippen LogP contribution in [0.4, 0.5) is 16.5 Å². The minimum Gasteiger partial charge on any atom is -0.297 e. The highest BCUT2D eigenvalue weighted by Crippen LogP contribution is 2.51.